The standard InChI is InChI=1S/C21H22N6O3S/c1-3-25-17-6-4-5-7-18(17)26-19-22-23-21(27(19)24-20(25)26)31-13-14(28)12-30-16-10-8-15(29-2)9-11-16/h4-11,14,28H,3,12-13H2,1-2H3. The number of aliphatic hydroxyl groups excluding tert-OH is 1. The van der Waals surface area contributed by atoms with Crippen molar-refractivity contribution in [2.75, 3.05) is 19.5 Å². The number of aliphatic hydroxyl groups is 1. The number of hydrogen-bond donors (Lipinski definition) is 1. The molecule has 2 aromatic carbocycles. The number of hydrogen-bond acceptors (Lipinski definition) is 7. The molecule has 1 atom stereocenters. The van der Waals surface area contributed by atoms with Crippen LogP contribution in [0.1, 0.15) is 6.92 Å². The highest BCUT2D eigenvalue weighted by Crippen LogP contribution is 2.25. The molecule has 0 fully saturated rings. The predicted octanol–water partition coefficient (Wildman–Crippen LogP) is 2.89. The Morgan fingerprint density at radius 1 is 1.00 bits per heavy atom. The van der Waals surface area contributed by atoms with Gasteiger partial charge in [0.05, 0.1) is 24.2 Å². The minimum absolute atomic E-state index is 0.179. The van der Waals surface area contributed by atoms with Gasteiger partial charge in [0.1, 0.15) is 18.1 Å². The van der Waals surface area contributed by atoms with Gasteiger partial charge in [-0.1, -0.05) is 23.9 Å². The molecule has 0 aliphatic carbocycles. The molecule has 0 amide bonds. The van der Waals surface area contributed by atoms with Crippen LogP contribution in [0.3, 0.4) is 0 Å². The van der Waals surface area contributed by atoms with Crippen LogP contribution in [0.5, 0.6) is 11.5 Å². The summed E-state index contributed by atoms with van der Waals surface area (Å²) in [6.45, 7) is 3.07. The second-order valence-corrected chi connectivity index (χ2v) is 8.00. The Bertz CT molecular complexity index is 1340. The zero-order valence-corrected chi connectivity index (χ0v) is 18.0. The number of aromatic nitrogens is 6. The van der Waals surface area contributed by atoms with Gasteiger partial charge in [-0.2, -0.15) is 4.52 Å². The van der Waals surface area contributed by atoms with Gasteiger partial charge in [0.2, 0.25) is 10.9 Å². The van der Waals surface area contributed by atoms with Crippen molar-refractivity contribution in [1.82, 2.24) is 28.8 Å². The first kappa shape index (κ1) is 19.7. The highest BCUT2D eigenvalue weighted by atomic mass is 32.2. The van der Waals surface area contributed by atoms with Gasteiger partial charge >= 0.3 is 0 Å². The molecule has 0 saturated carbocycles. The van der Waals surface area contributed by atoms with E-state index in [0.29, 0.717) is 22.4 Å². The number of thioether (sulfide) groups is 1. The van der Waals surface area contributed by atoms with Crippen LogP contribution < -0.4 is 9.47 Å². The monoisotopic (exact) mass is 438 g/mol. The van der Waals surface area contributed by atoms with Crippen LogP contribution in [-0.4, -0.2) is 59.5 Å². The van der Waals surface area contributed by atoms with E-state index < -0.39 is 6.10 Å². The molecule has 0 aliphatic heterocycles. The van der Waals surface area contributed by atoms with Crippen LogP contribution in [0.15, 0.2) is 53.7 Å². The van der Waals surface area contributed by atoms with Gasteiger partial charge in [-0.3, -0.25) is 0 Å². The third kappa shape index (κ3) is 3.47. The van der Waals surface area contributed by atoms with Gasteiger partial charge in [-0.25, -0.2) is 4.40 Å². The van der Waals surface area contributed by atoms with Crippen molar-refractivity contribution in [3.63, 3.8) is 0 Å². The van der Waals surface area contributed by atoms with Crippen LogP contribution in [0.4, 0.5) is 0 Å². The Labute approximate surface area is 182 Å². The summed E-state index contributed by atoms with van der Waals surface area (Å²) in [7, 11) is 1.62. The van der Waals surface area contributed by atoms with Gasteiger partial charge in [0, 0.05) is 12.3 Å². The molecule has 0 aliphatic rings. The van der Waals surface area contributed by atoms with Crippen molar-refractivity contribution in [2.45, 2.75) is 24.7 Å². The van der Waals surface area contributed by atoms with Gasteiger partial charge < -0.3 is 19.1 Å². The molecule has 0 bridgehead atoms. The number of fused-ring (bicyclic) bond motifs is 5. The number of nitrogens with zero attached hydrogens (tertiary/aromatic N) is 6. The summed E-state index contributed by atoms with van der Waals surface area (Å²) < 4.78 is 16.7. The Hall–Kier alpha value is -3.24. The van der Waals surface area contributed by atoms with Crippen molar-refractivity contribution < 1.29 is 14.6 Å². The van der Waals surface area contributed by atoms with Crippen molar-refractivity contribution >= 4 is 34.4 Å². The maximum Gasteiger partial charge on any atom is 0.260 e. The van der Waals surface area contributed by atoms with Crippen molar-refractivity contribution in [3.8, 4) is 11.5 Å². The van der Waals surface area contributed by atoms with Crippen LogP contribution in [0.2, 0.25) is 0 Å². The lowest BCUT2D eigenvalue weighted by molar-refractivity contribution is 0.126. The molecule has 0 spiro atoms. The Morgan fingerprint density at radius 3 is 2.48 bits per heavy atom. The summed E-state index contributed by atoms with van der Waals surface area (Å²) in [5, 5.41) is 24.3. The largest absolute Gasteiger partial charge is 0.497 e. The highest BCUT2D eigenvalue weighted by Gasteiger charge is 2.20. The van der Waals surface area contributed by atoms with E-state index in [1.165, 1.54) is 11.8 Å². The van der Waals surface area contributed by atoms with E-state index in [4.69, 9.17) is 14.6 Å². The third-order valence-electron chi connectivity index (χ3n) is 5.06. The minimum atomic E-state index is -0.665. The predicted molar refractivity (Wildman–Crippen MR) is 118 cm³/mol. The molecular weight excluding hydrogens is 416 g/mol. The maximum absolute atomic E-state index is 10.3. The normalized spacial score (nSPS) is 12.7. The third-order valence-corrected chi connectivity index (χ3v) is 6.13. The van der Waals surface area contributed by atoms with E-state index in [-0.39, 0.29) is 6.61 Å². The number of benzene rings is 2. The van der Waals surface area contributed by atoms with Crippen LogP contribution in [0, 0.1) is 0 Å². The van der Waals surface area contributed by atoms with E-state index in [9.17, 15) is 5.11 Å². The topological polar surface area (TPSA) is 91.1 Å². The van der Waals surface area contributed by atoms with Crippen LogP contribution in [-0.2, 0) is 6.54 Å². The first-order valence-corrected chi connectivity index (χ1v) is 11.0. The highest BCUT2D eigenvalue weighted by molar-refractivity contribution is 7.99. The first-order chi connectivity index (χ1) is 15.2. The maximum atomic E-state index is 10.3. The molecule has 0 radical (unpaired) electrons. The molecule has 5 aromatic rings. The fourth-order valence-electron chi connectivity index (χ4n) is 3.57. The summed E-state index contributed by atoms with van der Waals surface area (Å²) in [4.78, 5) is 0. The number of ether oxygens (including phenoxy) is 2. The number of aryl methyl sites for hydroxylation is 1. The van der Waals surface area contributed by atoms with Gasteiger partial charge in [0.25, 0.3) is 5.78 Å². The Balaban J connectivity index is 1.32. The molecule has 160 valence electrons. The Kier molecular flexibility index (Phi) is 5.16. The average molecular weight is 439 g/mol. The molecule has 0 saturated heterocycles. The summed E-state index contributed by atoms with van der Waals surface area (Å²) in [6, 6.07) is 15.4. The van der Waals surface area contributed by atoms with E-state index in [1.807, 2.05) is 40.8 Å². The molecule has 9 nitrogen and oxygen atoms in total. The lowest BCUT2D eigenvalue weighted by atomic mass is 10.3. The number of rotatable bonds is 8. The zero-order chi connectivity index (χ0) is 21.4. The van der Waals surface area contributed by atoms with Crippen LogP contribution >= 0.6 is 11.8 Å². The van der Waals surface area contributed by atoms with Crippen molar-refractivity contribution in [2.24, 2.45) is 0 Å². The summed E-state index contributed by atoms with van der Waals surface area (Å²) in [5.41, 5.74) is 2.15. The number of imidazole rings is 1. The fraction of sp³-hybridized carbons (Fsp3) is 0.286. The average Bonchev–Trinajstić information content (AvgIpc) is 3.45. The van der Waals surface area contributed by atoms with E-state index in [2.05, 4.69) is 33.8 Å². The lowest BCUT2D eigenvalue weighted by Gasteiger charge is -2.11. The number of methoxy groups -OCH3 is 1. The van der Waals surface area contributed by atoms with E-state index >= 15 is 0 Å². The van der Waals surface area contributed by atoms with Crippen molar-refractivity contribution in [3.05, 3.63) is 48.5 Å². The molecule has 5 rings (SSSR count). The van der Waals surface area contributed by atoms with E-state index in [1.54, 1.807) is 11.6 Å². The molecule has 1 unspecified atom stereocenters. The lowest BCUT2D eigenvalue weighted by Crippen LogP contribution is -2.20. The summed E-state index contributed by atoms with van der Waals surface area (Å²) in [5.74, 6) is 3.32. The second-order valence-electron chi connectivity index (χ2n) is 7.01. The molecule has 31 heavy (non-hydrogen) atoms. The quantitative estimate of drug-likeness (QED) is 0.373. The smallest absolute Gasteiger partial charge is 0.260 e. The zero-order valence-electron chi connectivity index (χ0n) is 17.2. The minimum Gasteiger partial charge on any atom is -0.497 e. The Morgan fingerprint density at radius 2 is 1.74 bits per heavy atom. The molecule has 1 N–H and O–H groups in total. The SMILES string of the molecule is CCn1c2ccccc2n2c1nn1c(SCC(O)COc3ccc(OC)cc3)nnc12. The summed E-state index contributed by atoms with van der Waals surface area (Å²) >= 11 is 1.40. The number of para-hydroxylation sites is 2. The first-order valence-electron chi connectivity index (χ1n) is 9.98. The van der Waals surface area contributed by atoms with E-state index in [0.717, 1.165) is 29.1 Å². The van der Waals surface area contributed by atoms with Gasteiger partial charge in [-0.05, 0) is 43.3 Å². The second kappa shape index (κ2) is 8.12. The van der Waals surface area contributed by atoms with Gasteiger partial charge in [0.15, 0.2) is 0 Å². The molecule has 3 aromatic heterocycles. The molecule has 10 heteroatoms. The molecular formula is C21H22N6O3S. The molecule has 3 heterocycles. The van der Waals surface area contributed by atoms with Gasteiger partial charge in [-0.15, -0.1) is 15.3 Å². The fourth-order valence-corrected chi connectivity index (χ4v) is 4.35. The van der Waals surface area contributed by atoms with Crippen LogP contribution in [0.25, 0.3) is 22.6 Å². The van der Waals surface area contributed by atoms with Crippen molar-refractivity contribution in [1.29, 1.82) is 0 Å². The summed E-state index contributed by atoms with van der Waals surface area (Å²) in [6.07, 6.45) is -0.665.